The zero-order chi connectivity index (χ0) is 17.9. The minimum Gasteiger partial charge on any atom is -0.396 e. The number of ketones is 1. The van der Waals surface area contributed by atoms with Gasteiger partial charge in [0, 0.05) is 34.8 Å². The molecule has 0 fully saturated rings. The Morgan fingerprint density at radius 2 is 1.69 bits per heavy atom. The summed E-state index contributed by atoms with van der Waals surface area (Å²) in [6.45, 7) is 0.199. The average Bonchev–Trinajstić information content (AvgIpc) is 3.12. The van der Waals surface area contributed by atoms with Gasteiger partial charge in [-0.25, -0.2) is 0 Å². The summed E-state index contributed by atoms with van der Waals surface area (Å²) in [6.07, 6.45) is 4.35. The van der Waals surface area contributed by atoms with E-state index in [1.54, 1.807) is 0 Å². The first-order valence-corrected chi connectivity index (χ1v) is 9.02. The summed E-state index contributed by atoms with van der Waals surface area (Å²) in [7, 11) is 0. The summed E-state index contributed by atoms with van der Waals surface area (Å²) in [5.41, 5.74) is 3.58. The number of nitrogens with one attached hydrogen (secondary N) is 1. The first-order valence-electron chi connectivity index (χ1n) is 9.02. The summed E-state index contributed by atoms with van der Waals surface area (Å²) in [5, 5.41) is 12.1. The number of hydrogen-bond acceptors (Lipinski definition) is 2. The Hall–Kier alpha value is -2.91. The Balaban J connectivity index is 1.82. The number of H-pyrrole nitrogens is 1. The fourth-order valence-electron chi connectivity index (χ4n) is 3.64. The Morgan fingerprint density at radius 1 is 0.885 bits per heavy atom. The number of carbonyl (C=O) groups excluding carboxylic acids is 1. The van der Waals surface area contributed by atoms with Gasteiger partial charge in [-0.05, 0) is 41.7 Å². The van der Waals surface area contributed by atoms with Crippen LogP contribution in [0.3, 0.4) is 0 Å². The molecule has 0 aliphatic heterocycles. The molecule has 130 valence electrons. The van der Waals surface area contributed by atoms with Gasteiger partial charge < -0.3 is 10.1 Å². The molecule has 0 bridgehead atoms. The van der Waals surface area contributed by atoms with Crippen LogP contribution in [0.2, 0.25) is 0 Å². The minimum atomic E-state index is 0.0441. The van der Waals surface area contributed by atoms with Crippen LogP contribution >= 0.6 is 0 Å². The lowest BCUT2D eigenvalue weighted by atomic mass is 9.94. The minimum absolute atomic E-state index is 0.0441. The molecule has 0 radical (unpaired) electrons. The molecule has 3 heteroatoms. The van der Waals surface area contributed by atoms with Gasteiger partial charge in [-0.15, -0.1) is 0 Å². The van der Waals surface area contributed by atoms with Crippen LogP contribution in [0.1, 0.15) is 34.3 Å². The standard InChI is InChI=1S/C23H21NO2/c25-14-4-3-8-17-10-6-13-21-22(17)20(15-24-21)23(26)19-12-5-9-16-7-1-2-11-18(16)19/h1-2,5-7,9-13,15,24-25H,3-4,8,14H2. The molecule has 3 aromatic carbocycles. The van der Waals surface area contributed by atoms with Gasteiger partial charge in [-0.2, -0.15) is 0 Å². The molecule has 0 saturated heterocycles. The van der Waals surface area contributed by atoms with Gasteiger partial charge in [0.15, 0.2) is 5.78 Å². The van der Waals surface area contributed by atoms with E-state index in [1.165, 1.54) is 0 Å². The molecule has 4 rings (SSSR count). The molecule has 0 aliphatic carbocycles. The number of unbranched alkanes of at least 4 members (excludes halogenated alkanes) is 1. The van der Waals surface area contributed by atoms with Crippen molar-refractivity contribution in [1.82, 2.24) is 4.98 Å². The normalized spacial score (nSPS) is 11.3. The van der Waals surface area contributed by atoms with Crippen molar-refractivity contribution in [1.29, 1.82) is 0 Å². The highest BCUT2D eigenvalue weighted by molar-refractivity contribution is 6.21. The van der Waals surface area contributed by atoms with Gasteiger partial charge in [0.05, 0.1) is 0 Å². The van der Waals surface area contributed by atoms with Crippen molar-refractivity contribution >= 4 is 27.5 Å². The maximum Gasteiger partial charge on any atom is 0.195 e. The maximum atomic E-state index is 13.4. The predicted molar refractivity (Wildman–Crippen MR) is 106 cm³/mol. The molecule has 4 aromatic rings. The molecule has 2 N–H and O–H groups in total. The molecule has 3 nitrogen and oxygen atoms in total. The summed E-state index contributed by atoms with van der Waals surface area (Å²) < 4.78 is 0. The second-order valence-electron chi connectivity index (χ2n) is 6.58. The van der Waals surface area contributed by atoms with Gasteiger partial charge in [0.1, 0.15) is 0 Å². The van der Waals surface area contributed by atoms with Crippen molar-refractivity contribution in [2.75, 3.05) is 6.61 Å². The van der Waals surface area contributed by atoms with E-state index in [9.17, 15) is 4.79 Å². The zero-order valence-corrected chi connectivity index (χ0v) is 14.5. The van der Waals surface area contributed by atoms with E-state index in [1.807, 2.05) is 60.8 Å². The number of rotatable bonds is 6. The number of aliphatic hydroxyl groups is 1. The Morgan fingerprint density at radius 3 is 2.58 bits per heavy atom. The first kappa shape index (κ1) is 16.6. The highest BCUT2D eigenvalue weighted by Crippen LogP contribution is 2.28. The smallest absolute Gasteiger partial charge is 0.195 e. The van der Waals surface area contributed by atoms with E-state index in [2.05, 4.69) is 11.1 Å². The van der Waals surface area contributed by atoms with Crippen molar-refractivity contribution < 1.29 is 9.90 Å². The molecule has 1 aromatic heterocycles. The summed E-state index contributed by atoms with van der Waals surface area (Å²) in [5.74, 6) is 0.0441. The number of fused-ring (bicyclic) bond motifs is 2. The third kappa shape index (κ3) is 2.91. The first-order chi connectivity index (χ1) is 12.8. The molecule has 0 amide bonds. The van der Waals surface area contributed by atoms with Crippen molar-refractivity contribution in [3.05, 3.63) is 83.6 Å². The molecule has 0 spiro atoms. The molecule has 0 unspecified atom stereocenters. The second-order valence-corrected chi connectivity index (χ2v) is 6.58. The average molecular weight is 343 g/mol. The lowest BCUT2D eigenvalue weighted by Crippen LogP contribution is -2.02. The van der Waals surface area contributed by atoms with E-state index in [0.29, 0.717) is 0 Å². The number of aromatic nitrogens is 1. The van der Waals surface area contributed by atoms with Gasteiger partial charge >= 0.3 is 0 Å². The van der Waals surface area contributed by atoms with Gasteiger partial charge in [-0.1, -0.05) is 54.6 Å². The summed E-state index contributed by atoms with van der Waals surface area (Å²) in [4.78, 5) is 16.6. The predicted octanol–water partition coefficient (Wildman–Crippen LogP) is 4.87. The molecule has 0 atom stereocenters. The van der Waals surface area contributed by atoms with Crippen LogP contribution in [0.4, 0.5) is 0 Å². The largest absolute Gasteiger partial charge is 0.396 e. The number of aryl methyl sites for hydroxylation is 1. The maximum absolute atomic E-state index is 13.4. The molecular formula is C23H21NO2. The lowest BCUT2D eigenvalue weighted by molar-refractivity contribution is 0.104. The fraction of sp³-hybridized carbons (Fsp3) is 0.174. The Labute approximate surface area is 152 Å². The van der Waals surface area contributed by atoms with Crippen molar-refractivity contribution in [2.24, 2.45) is 0 Å². The third-order valence-corrected chi connectivity index (χ3v) is 4.93. The fourth-order valence-corrected chi connectivity index (χ4v) is 3.64. The third-order valence-electron chi connectivity index (χ3n) is 4.93. The molecular weight excluding hydrogens is 322 g/mol. The Kier molecular flexibility index (Phi) is 4.55. The van der Waals surface area contributed by atoms with Crippen molar-refractivity contribution in [2.45, 2.75) is 19.3 Å². The van der Waals surface area contributed by atoms with Crippen molar-refractivity contribution in [3.63, 3.8) is 0 Å². The monoisotopic (exact) mass is 343 g/mol. The van der Waals surface area contributed by atoms with E-state index in [0.717, 1.165) is 57.6 Å². The molecule has 1 heterocycles. The van der Waals surface area contributed by atoms with Crippen molar-refractivity contribution in [3.8, 4) is 0 Å². The van der Waals surface area contributed by atoms with Gasteiger partial charge in [0.2, 0.25) is 0 Å². The van der Waals surface area contributed by atoms with Crippen LogP contribution < -0.4 is 0 Å². The number of carbonyl (C=O) groups is 1. The zero-order valence-electron chi connectivity index (χ0n) is 14.5. The van der Waals surface area contributed by atoms with Crippen LogP contribution in [-0.4, -0.2) is 22.5 Å². The molecule has 26 heavy (non-hydrogen) atoms. The van der Waals surface area contributed by atoms with E-state index in [4.69, 9.17) is 5.11 Å². The molecule has 0 aliphatic rings. The van der Waals surface area contributed by atoms with Crippen LogP contribution in [-0.2, 0) is 6.42 Å². The summed E-state index contributed by atoms with van der Waals surface area (Å²) in [6, 6.07) is 19.9. The molecule has 0 saturated carbocycles. The number of benzene rings is 3. The summed E-state index contributed by atoms with van der Waals surface area (Å²) >= 11 is 0. The number of aromatic amines is 1. The number of hydrogen-bond donors (Lipinski definition) is 2. The van der Waals surface area contributed by atoms with E-state index >= 15 is 0 Å². The van der Waals surface area contributed by atoms with Crippen LogP contribution in [0.25, 0.3) is 21.7 Å². The topological polar surface area (TPSA) is 53.1 Å². The van der Waals surface area contributed by atoms with Crippen LogP contribution in [0.5, 0.6) is 0 Å². The van der Waals surface area contributed by atoms with Crippen LogP contribution in [0.15, 0.2) is 66.9 Å². The SMILES string of the molecule is O=C(c1cccc2ccccc12)c1c[nH]c2cccc(CCCCO)c12. The van der Waals surface area contributed by atoms with Gasteiger partial charge in [0.25, 0.3) is 0 Å². The van der Waals surface area contributed by atoms with E-state index < -0.39 is 0 Å². The second kappa shape index (κ2) is 7.14. The Bertz CT molecular complexity index is 1070. The van der Waals surface area contributed by atoms with E-state index in [-0.39, 0.29) is 12.4 Å². The van der Waals surface area contributed by atoms with Crippen LogP contribution in [0, 0.1) is 0 Å². The highest BCUT2D eigenvalue weighted by Gasteiger charge is 2.18. The number of aliphatic hydroxyl groups excluding tert-OH is 1. The quantitative estimate of drug-likeness (QED) is 0.388. The highest BCUT2D eigenvalue weighted by atomic mass is 16.2. The van der Waals surface area contributed by atoms with Gasteiger partial charge in [-0.3, -0.25) is 4.79 Å². The lowest BCUT2D eigenvalue weighted by Gasteiger charge is -2.08.